The molecule has 3 nitrogen and oxygen atoms in total. The van der Waals surface area contributed by atoms with Gasteiger partial charge < -0.3 is 4.74 Å². The largest absolute Gasteiger partial charge is 0.461 e. The third-order valence-electron chi connectivity index (χ3n) is 2.78. The highest BCUT2D eigenvalue weighted by atomic mass is 79.9. The number of carbonyl (C=O) groups is 2. The average molecular weight is 333 g/mol. The minimum Gasteiger partial charge on any atom is -0.461 e. The van der Waals surface area contributed by atoms with Crippen LogP contribution >= 0.6 is 15.9 Å². The fraction of sp³-hybridized carbons (Fsp3) is 0.125. The molecule has 102 valence electrons. The number of ether oxygens (including phenoxy) is 1. The van der Waals surface area contributed by atoms with Gasteiger partial charge in [0.15, 0.2) is 5.78 Å². The highest BCUT2D eigenvalue weighted by Gasteiger charge is 2.11. The van der Waals surface area contributed by atoms with Gasteiger partial charge in [0.2, 0.25) is 0 Å². The lowest BCUT2D eigenvalue weighted by atomic mass is 10.0. The van der Waals surface area contributed by atoms with Crippen molar-refractivity contribution in [2.75, 3.05) is 0 Å². The molecule has 0 saturated heterocycles. The number of carbonyl (C=O) groups excluding carboxylic acids is 2. The van der Waals surface area contributed by atoms with Gasteiger partial charge >= 0.3 is 5.97 Å². The summed E-state index contributed by atoms with van der Waals surface area (Å²) in [5.74, 6) is -0.369. The molecule has 0 N–H and O–H groups in total. The van der Waals surface area contributed by atoms with Crippen molar-refractivity contribution in [3.63, 3.8) is 0 Å². The van der Waals surface area contributed by atoms with Crippen LogP contribution in [0.3, 0.4) is 0 Å². The summed E-state index contributed by atoms with van der Waals surface area (Å²) in [6, 6.07) is 14.4. The quantitative estimate of drug-likeness (QED) is 0.632. The maximum atomic E-state index is 12.3. The first-order chi connectivity index (χ1) is 9.58. The zero-order valence-electron chi connectivity index (χ0n) is 10.9. The second-order valence-corrected chi connectivity index (χ2v) is 5.14. The Morgan fingerprint density at radius 2 is 1.75 bits per heavy atom. The average Bonchev–Trinajstić information content (AvgIpc) is 2.46. The molecule has 0 heterocycles. The number of hydrogen-bond donors (Lipinski definition) is 0. The third kappa shape index (κ3) is 3.54. The van der Waals surface area contributed by atoms with E-state index in [0.29, 0.717) is 11.1 Å². The molecular weight excluding hydrogens is 320 g/mol. The fourth-order valence-corrected chi connectivity index (χ4v) is 2.23. The van der Waals surface area contributed by atoms with Gasteiger partial charge in [0.1, 0.15) is 6.61 Å². The van der Waals surface area contributed by atoms with Crippen LogP contribution in [0, 0.1) is 0 Å². The Morgan fingerprint density at radius 1 is 1.05 bits per heavy atom. The van der Waals surface area contributed by atoms with E-state index in [9.17, 15) is 9.59 Å². The number of hydrogen-bond acceptors (Lipinski definition) is 3. The minimum absolute atomic E-state index is 0.0367. The van der Waals surface area contributed by atoms with Crippen molar-refractivity contribution >= 4 is 27.7 Å². The van der Waals surface area contributed by atoms with E-state index >= 15 is 0 Å². The van der Waals surface area contributed by atoms with E-state index in [-0.39, 0.29) is 18.4 Å². The minimum atomic E-state index is -0.332. The summed E-state index contributed by atoms with van der Waals surface area (Å²) in [5.41, 5.74) is 2.06. The summed E-state index contributed by atoms with van der Waals surface area (Å²) in [7, 11) is 0. The van der Waals surface area contributed by atoms with Gasteiger partial charge in [-0.15, -0.1) is 0 Å². The second-order valence-electron chi connectivity index (χ2n) is 4.28. The van der Waals surface area contributed by atoms with Crippen LogP contribution in [0.5, 0.6) is 0 Å². The lowest BCUT2D eigenvalue weighted by Gasteiger charge is -2.07. The van der Waals surface area contributed by atoms with Gasteiger partial charge in [-0.3, -0.25) is 9.59 Å². The van der Waals surface area contributed by atoms with Crippen molar-refractivity contribution in [1.29, 1.82) is 0 Å². The Balaban J connectivity index is 2.21. The van der Waals surface area contributed by atoms with Gasteiger partial charge in [0.05, 0.1) is 0 Å². The van der Waals surface area contributed by atoms with E-state index in [4.69, 9.17) is 4.74 Å². The smallest absolute Gasteiger partial charge is 0.302 e. The van der Waals surface area contributed by atoms with E-state index < -0.39 is 0 Å². The molecule has 0 unspecified atom stereocenters. The normalized spacial score (nSPS) is 10.1. The molecule has 2 rings (SSSR count). The number of esters is 1. The SMILES string of the molecule is CC(=O)OCc1ccc(C(=O)c2ccccc2)cc1Br. The van der Waals surface area contributed by atoms with Crippen LogP contribution in [0.15, 0.2) is 53.0 Å². The van der Waals surface area contributed by atoms with E-state index in [1.54, 1.807) is 30.3 Å². The van der Waals surface area contributed by atoms with Crippen molar-refractivity contribution in [2.45, 2.75) is 13.5 Å². The Bertz CT molecular complexity index is 635. The summed E-state index contributed by atoms with van der Waals surface area (Å²) in [4.78, 5) is 23.1. The summed E-state index contributed by atoms with van der Waals surface area (Å²) in [6.45, 7) is 1.55. The van der Waals surface area contributed by atoms with E-state index in [1.807, 2.05) is 18.2 Å². The molecule has 0 amide bonds. The number of halogens is 1. The van der Waals surface area contributed by atoms with Gasteiger partial charge in [-0.25, -0.2) is 0 Å². The molecule has 2 aromatic carbocycles. The lowest BCUT2D eigenvalue weighted by molar-refractivity contribution is -0.142. The Labute approximate surface area is 125 Å². The van der Waals surface area contributed by atoms with Crippen molar-refractivity contribution in [3.8, 4) is 0 Å². The van der Waals surface area contributed by atoms with Crippen LogP contribution in [0.4, 0.5) is 0 Å². The first-order valence-corrected chi connectivity index (χ1v) is 6.89. The lowest BCUT2D eigenvalue weighted by Crippen LogP contribution is -2.03. The molecule has 0 aliphatic carbocycles. The van der Waals surface area contributed by atoms with Crippen LogP contribution in [0.2, 0.25) is 0 Å². The van der Waals surface area contributed by atoms with Crippen LogP contribution in [-0.4, -0.2) is 11.8 Å². The monoisotopic (exact) mass is 332 g/mol. The van der Waals surface area contributed by atoms with Gasteiger partial charge in [-0.05, 0) is 6.07 Å². The van der Waals surface area contributed by atoms with E-state index in [2.05, 4.69) is 15.9 Å². The van der Waals surface area contributed by atoms with Crippen molar-refractivity contribution in [3.05, 3.63) is 69.7 Å². The molecular formula is C16H13BrO3. The maximum absolute atomic E-state index is 12.3. The van der Waals surface area contributed by atoms with Crippen LogP contribution in [-0.2, 0) is 16.1 Å². The molecule has 4 heteroatoms. The summed E-state index contributed by atoms with van der Waals surface area (Å²) >= 11 is 3.39. The predicted molar refractivity (Wildman–Crippen MR) is 79.5 cm³/mol. The van der Waals surface area contributed by atoms with Crippen molar-refractivity contribution in [2.24, 2.45) is 0 Å². The van der Waals surface area contributed by atoms with E-state index in [0.717, 1.165) is 10.0 Å². The molecule has 0 aliphatic heterocycles. The van der Waals surface area contributed by atoms with Crippen LogP contribution in [0.25, 0.3) is 0 Å². The summed E-state index contributed by atoms with van der Waals surface area (Å²) in [5, 5.41) is 0. The Hall–Kier alpha value is -1.94. The zero-order chi connectivity index (χ0) is 14.5. The Morgan fingerprint density at radius 3 is 2.35 bits per heavy atom. The molecule has 0 spiro atoms. The number of rotatable bonds is 4. The molecule has 0 aliphatic rings. The third-order valence-corrected chi connectivity index (χ3v) is 3.52. The number of benzene rings is 2. The highest BCUT2D eigenvalue weighted by Crippen LogP contribution is 2.21. The van der Waals surface area contributed by atoms with Crippen LogP contribution in [0.1, 0.15) is 28.4 Å². The van der Waals surface area contributed by atoms with Gasteiger partial charge in [0, 0.05) is 28.1 Å². The van der Waals surface area contributed by atoms with Gasteiger partial charge in [-0.2, -0.15) is 0 Å². The zero-order valence-corrected chi connectivity index (χ0v) is 12.5. The first-order valence-electron chi connectivity index (χ1n) is 6.09. The summed E-state index contributed by atoms with van der Waals surface area (Å²) in [6.07, 6.45) is 0. The Kier molecular flexibility index (Phi) is 4.69. The molecule has 0 fully saturated rings. The maximum Gasteiger partial charge on any atom is 0.302 e. The topological polar surface area (TPSA) is 43.4 Å². The second kappa shape index (κ2) is 6.48. The van der Waals surface area contributed by atoms with E-state index in [1.165, 1.54) is 6.92 Å². The van der Waals surface area contributed by atoms with Crippen molar-refractivity contribution in [1.82, 2.24) is 0 Å². The van der Waals surface area contributed by atoms with Gasteiger partial charge in [-0.1, -0.05) is 58.4 Å². The first kappa shape index (κ1) is 14.5. The molecule has 0 bridgehead atoms. The molecule has 0 atom stereocenters. The fourth-order valence-electron chi connectivity index (χ4n) is 1.74. The van der Waals surface area contributed by atoms with Crippen LogP contribution < -0.4 is 0 Å². The standard InChI is InChI=1S/C16H13BrO3/c1-11(18)20-10-14-8-7-13(9-15(14)17)16(19)12-5-3-2-4-6-12/h2-9H,10H2,1H3. The summed E-state index contributed by atoms with van der Waals surface area (Å²) < 4.78 is 5.69. The number of ketones is 1. The highest BCUT2D eigenvalue weighted by molar-refractivity contribution is 9.10. The molecule has 0 aromatic heterocycles. The molecule has 2 aromatic rings. The molecule has 0 saturated carbocycles. The molecule has 20 heavy (non-hydrogen) atoms. The van der Waals surface area contributed by atoms with Crippen molar-refractivity contribution < 1.29 is 14.3 Å². The predicted octanol–water partition coefficient (Wildman–Crippen LogP) is 3.74. The van der Waals surface area contributed by atoms with Gasteiger partial charge in [0.25, 0.3) is 0 Å². The molecule has 0 radical (unpaired) electrons.